The summed E-state index contributed by atoms with van der Waals surface area (Å²) in [6.45, 7) is 0. The Morgan fingerprint density at radius 2 is 1.80 bits per heavy atom. The highest BCUT2D eigenvalue weighted by Crippen LogP contribution is 2.31. The van der Waals surface area contributed by atoms with E-state index in [1.807, 2.05) is 6.07 Å². The van der Waals surface area contributed by atoms with E-state index in [0.717, 1.165) is 0 Å². The fourth-order valence-electron chi connectivity index (χ4n) is 2.41. The summed E-state index contributed by atoms with van der Waals surface area (Å²) >= 11 is 0. The zero-order valence-electron chi connectivity index (χ0n) is 13.7. The van der Waals surface area contributed by atoms with Gasteiger partial charge in [-0.3, -0.25) is 9.78 Å². The van der Waals surface area contributed by atoms with E-state index in [-0.39, 0.29) is 16.8 Å². The van der Waals surface area contributed by atoms with Crippen molar-refractivity contribution in [3.8, 4) is 17.2 Å². The molecule has 0 aliphatic carbocycles. The van der Waals surface area contributed by atoms with Gasteiger partial charge in [0, 0.05) is 23.3 Å². The molecule has 0 bridgehead atoms. The summed E-state index contributed by atoms with van der Waals surface area (Å²) in [6, 6.07) is 12.1. The quantitative estimate of drug-likeness (QED) is 0.756. The maximum Gasteiger partial charge on any atom is 0.261 e. The third-order valence-corrected chi connectivity index (χ3v) is 3.63. The molecule has 0 saturated heterocycles. The number of hydrogen-bond acceptors (Lipinski definition) is 5. The lowest BCUT2D eigenvalue weighted by Gasteiger charge is -2.11. The molecule has 0 spiro atoms. The maximum atomic E-state index is 12.4. The largest absolute Gasteiger partial charge is 0.506 e. The molecule has 0 aliphatic heterocycles. The fourth-order valence-corrected chi connectivity index (χ4v) is 2.41. The fraction of sp³-hybridized carbons (Fsp3) is 0.111. The number of carbonyl (C=O) groups excluding carboxylic acids is 1. The van der Waals surface area contributed by atoms with Gasteiger partial charge in [-0.15, -0.1) is 0 Å². The lowest BCUT2D eigenvalue weighted by Crippen LogP contribution is -2.12. The molecule has 4 N–H and O–H groups in total. The first-order valence-electron chi connectivity index (χ1n) is 7.24. The van der Waals surface area contributed by atoms with Crippen molar-refractivity contribution in [3.63, 3.8) is 0 Å². The second kappa shape index (κ2) is 7.50. The van der Waals surface area contributed by atoms with Crippen LogP contribution in [-0.2, 0) is 0 Å². The van der Waals surface area contributed by atoms with Crippen LogP contribution in [-0.4, -0.2) is 35.7 Å². The summed E-state index contributed by atoms with van der Waals surface area (Å²) in [5, 5.41) is 13.6. The third kappa shape index (κ3) is 3.46. The Kier molecular flexibility index (Phi) is 5.41. The van der Waals surface area contributed by atoms with E-state index in [0.29, 0.717) is 28.1 Å². The van der Waals surface area contributed by atoms with Gasteiger partial charge in [0.05, 0.1) is 19.7 Å². The van der Waals surface area contributed by atoms with Crippen LogP contribution in [0, 0.1) is 0 Å². The number of hydrogen-bond donors (Lipinski definition) is 2. The summed E-state index contributed by atoms with van der Waals surface area (Å²) in [5.74, 6) is 0.499. The average molecular weight is 342 g/mol. The Morgan fingerprint density at radius 1 is 1.08 bits per heavy atom. The molecule has 0 unspecified atom stereocenters. The number of aromatic nitrogens is 1. The molecule has 0 radical (unpaired) electrons. The van der Waals surface area contributed by atoms with Gasteiger partial charge in [-0.05, 0) is 24.3 Å². The van der Waals surface area contributed by atoms with E-state index in [1.54, 1.807) is 36.4 Å². The SMILES string of the molecule is COc1ccc(NC(=O)c2cnc3ccccc3c2O)cc1OC.O. The molecular formula is C18H18N2O5. The third-order valence-electron chi connectivity index (χ3n) is 3.63. The number of fused-ring (bicyclic) bond motifs is 1. The summed E-state index contributed by atoms with van der Waals surface area (Å²) in [5.41, 5.74) is 1.24. The van der Waals surface area contributed by atoms with Gasteiger partial charge in [0.1, 0.15) is 11.3 Å². The van der Waals surface area contributed by atoms with Crippen LogP contribution in [0.1, 0.15) is 10.4 Å². The second-order valence-electron chi connectivity index (χ2n) is 5.06. The molecule has 0 fully saturated rings. The van der Waals surface area contributed by atoms with Gasteiger partial charge < -0.3 is 25.4 Å². The van der Waals surface area contributed by atoms with Crippen LogP contribution in [0.4, 0.5) is 5.69 Å². The van der Waals surface area contributed by atoms with Gasteiger partial charge in [0.15, 0.2) is 11.5 Å². The van der Waals surface area contributed by atoms with Crippen molar-refractivity contribution in [1.82, 2.24) is 4.98 Å². The van der Waals surface area contributed by atoms with Crippen LogP contribution in [0.25, 0.3) is 10.9 Å². The number of methoxy groups -OCH3 is 2. The van der Waals surface area contributed by atoms with Crippen molar-refractivity contribution in [2.24, 2.45) is 0 Å². The zero-order chi connectivity index (χ0) is 17.1. The van der Waals surface area contributed by atoms with E-state index in [2.05, 4.69) is 10.3 Å². The van der Waals surface area contributed by atoms with E-state index >= 15 is 0 Å². The minimum atomic E-state index is -0.460. The topological polar surface area (TPSA) is 112 Å². The van der Waals surface area contributed by atoms with Crippen molar-refractivity contribution in [2.45, 2.75) is 0 Å². The van der Waals surface area contributed by atoms with E-state index in [1.165, 1.54) is 20.4 Å². The van der Waals surface area contributed by atoms with E-state index in [4.69, 9.17) is 9.47 Å². The Morgan fingerprint density at radius 3 is 2.52 bits per heavy atom. The number of benzene rings is 2. The maximum absolute atomic E-state index is 12.4. The molecular weight excluding hydrogens is 324 g/mol. The predicted molar refractivity (Wildman–Crippen MR) is 94.5 cm³/mol. The second-order valence-corrected chi connectivity index (χ2v) is 5.06. The Labute approximate surface area is 144 Å². The number of carbonyl (C=O) groups is 1. The van der Waals surface area contributed by atoms with Crippen molar-refractivity contribution < 1.29 is 24.9 Å². The number of anilines is 1. The molecule has 0 aliphatic rings. The van der Waals surface area contributed by atoms with Crippen LogP contribution in [0.15, 0.2) is 48.7 Å². The molecule has 1 heterocycles. The highest BCUT2D eigenvalue weighted by Gasteiger charge is 2.15. The minimum Gasteiger partial charge on any atom is -0.506 e. The number of nitrogens with one attached hydrogen (secondary N) is 1. The van der Waals surface area contributed by atoms with E-state index < -0.39 is 5.91 Å². The minimum absolute atomic E-state index is 0. The van der Waals surface area contributed by atoms with Crippen LogP contribution in [0.2, 0.25) is 0 Å². The number of ether oxygens (including phenoxy) is 2. The van der Waals surface area contributed by atoms with Gasteiger partial charge >= 0.3 is 0 Å². The molecule has 0 saturated carbocycles. The summed E-state index contributed by atoms with van der Waals surface area (Å²) in [7, 11) is 3.05. The molecule has 25 heavy (non-hydrogen) atoms. The number of aromatic hydroxyl groups is 1. The van der Waals surface area contributed by atoms with Crippen molar-refractivity contribution in [2.75, 3.05) is 19.5 Å². The zero-order valence-corrected chi connectivity index (χ0v) is 13.7. The molecule has 7 heteroatoms. The molecule has 2 aromatic carbocycles. The number of para-hydroxylation sites is 1. The van der Waals surface area contributed by atoms with Crippen LogP contribution in [0.5, 0.6) is 17.2 Å². The molecule has 1 amide bonds. The first kappa shape index (κ1) is 18.0. The standard InChI is InChI=1S/C18H16N2O4.H2O/c1-23-15-8-7-11(9-16(15)24-2)20-18(22)13-10-19-14-6-4-3-5-12(14)17(13)21;/h3-10H,1-2H3,(H,19,21)(H,20,22);1H2. The lowest BCUT2D eigenvalue weighted by atomic mass is 10.1. The van der Waals surface area contributed by atoms with Gasteiger partial charge in [-0.25, -0.2) is 0 Å². The summed E-state index contributed by atoms with van der Waals surface area (Å²) in [4.78, 5) is 16.6. The van der Waals surface area contributed by atoms with Crippen LogP contribution in [0.3, 0.4) is 0 Å². The van der Waals surface area contributed by atoms with Gasteiger partial charge in [-0.1, -0.05) is 12.1 Å². The number of rotatable bonds is 4. The monoisotopic (exact) mass is 342 g/mol. The van der Waals surface area contributed by atoms with Gasteiger partial charge in [0.25, 0.3) is 5.91 Å². The highest BCUT2D eigenvalue weighted by atomic mass is 16.5. The molecule has 7 nitrogen and oxygen atoms in total. The molecule has 3 aromatic rings. The van der Waals surface area contributed by atoms with Crippen LogP contribution >= 0.6 is 0 Å². The molecule has 3 rings (SSSR count). The highest BCUT2D eigenvalue weighted by molar-refractivity contribution is 6.09. The summed E-state index contributed by atoms with van der Waals surface area (Å²) < 4.78 is 10.4. The predicted octanol–water partition coefficient (Wildman–Crippen LogP) is 2.39. The Bertz CT molecular complexity index is 911. The molecule has 0 atom stereocenters. The van der Waals surface area contributed by atoms with Crippen LogP contribution < -0.4 is 14.8 Å². The lowest BCUT2D eigenvalue weighted by molar-refractivity contribution is 0.102. The number of amides is 1. The van der Waals surface area contributed by atoms with Gasteiger partial charge in [-0.2, -0.15) is 0 Å². The van der Waals surface area contributed by atoms with Crippen molar-refractivity contribution >= 4 is 22.5 Å². The number of nitrogens with zero attached hydrogens (tertiary/aromatic N) is 1. The molecule has 130 valence electrons. The normalized spacial score (nSPS) is 10.0. The smallest absolute Gasteiger partial charge is 0.261 e. The van der Waals surface area contributed by atoms with Crippen molar-refractivity contribution in [3.05, 3.63) is 54.2 Å². The van der Waals surface area contributed by atoms with Gasteiger partial charge in [0.2, 0.25) is 0 Å². The number of pyridine rings is 1. The average Bonchev–Trinajstić information content (AvgIpc) is 2.62. The van der Waals surface area contributed by atoms with Crippen molar-refractivity contribution in [1.29, 1.82) is 0 Å². The summed E-state index contributed by atoms with van der Waals surface area (Å²) in [6.07, 6.45) is 1.35. The Balaban J connectivity index is 0.00000225. The Hall–Kier alpha value is -3.32. The first-order valence-corrected chi connectivity index (χ1v) is 7.24. The van der Waals surface area contributed by atoms with E-state index in [9.17, 15) is 9.90 Å². The first-order chi connectivity index (χ1) is 11.6. The molecule has 1 aromatic heterocycles.